The summed E-state index contributed by atoms with van der Waals surface area (Å²) in [4.78, 5) is 0. The number of hydrogen-bond acceptors (Lipinski definition) is 2. The molecule has 0 fully saturated rings. The lowest BCUT2D eigenvalue weighted by molar-refractivity contribution is 0.800. The van der Waals surface area contributed by atoms with Crippen LogP contribution in [0.5, 0.6) is 0 Å². The maximum atomic E-state index is 4.36. The van der Waals surface area contributed by atoms with Crippen LogP contribution in [0.2, 0.25) is 0 Å². The van der Waals surface area contributed by atoms with Crippen molar-refractivity contribution in [2.24, 2.45) is 0 Å². The summed E-state index contributed by atoms with van der Waals surface area (Å²) < 4.78 is 0. The van der Waals surface area contributed by atoms with Crippen molar-refractivity contribution in [3.8, 4) is 0 Å². The molecule has 11 heavy (non-hydrogen) atoms. The molecule has 1 aromatic carbocycles. The van der Waals surface area contributed by atoms with E-state index in [1.54, 1.807) is 0 Å². The van der Waals surface area contributed by atoms with Gasteiger partial charge in [0, 0.05) is 0 Å². The minimum atomic E-state index is 0.148. The van der Waals surface area contributed by atoms with Crippen LogP contribution >= 0.6 is 12.6 Å². The molecule has 0 aliphatic heterocycles. The highest BCUT2D eigenvalue weighted by molar-refractivity contribution is 7.80. The van der Waals surface area contributed by atoms with Gasteiger partial charge in [-0.2, -0.15) is 12.6 Å². The van der Waals surface area contributed by atoms with Crippen molar-refractivity contribution in [1.29, 1.82) is 0 Å². The molecule has 1 nitrogen and oxygen atoms in total. The molecular formula is C9H13NS. The molecule has 1 aromatic rings. The Balaban J connectivity index is 2.86. The Morgan fingerprint density at radius 2 is 2.18 bits per heavy atom. The fourth-order valence-electron chi connectivity index (χ4n) is 1.01. The molecule has 0 radical (unpaired) electrons. The predicted molar refractivity (Wildman–Crippen MR) is 52.0 cm³/mol. The van der Waals surface area contributed by atoms with Crippen molar-refractivity contribution in [3.05, 3.63) is 35.4 Å². The molecule has 0 bridgehead atoms. The lowest BCUT2D eigenvalue weighted by Gasteiger charge is -2.09. The summed E-state index contributed by atoms with van der Waals surface area (Å²) in [5.74, 6) is 0. The molecule has 0 spiro atoms. The lowest BCUT2D eigenvalue weighted by Crippen LogP contribution is -2.09. The van der Waals surface area contributed by atoms with Gasteiger partial charge >= 0.3 is 0 Å². The monoisotopic (exact) mass is 167 g/mol. The van der Waals surface area contributed by atoms with Crippen LogP contribution in [0.4, 0.5) is 0 Å². The van der Waals surface area contributed by atoms with E-state index in [0.717, 1.165) is 0 Å². The van der Waals surface area contributed by atoms with Gasteiger partial charge in [-0.25, -0.2) is 0 Å². The first-order valence-corrected chi connectivity index (χ1v) is 4.17. The first kappa shape index (κ1) is 8.62. The van der Waals surface area contributed by atoms with Gasteiger partial charge in [0.1, 0.15) is 0 Å². The Kier molecular flexibility index (Phi) is 2.97. The van der Waals surface area contributed by atoms with Gasteiger partial charge < -0.3 is 5.32 Å². The Hall–Kier alpha value is -0.470. The molecule has 0 saturated carbocycles. The summed E-state index contributed by atoms with van der Waals surface area (Å²) in [6.07, 6.45) is 0. The first-order chi connectivity index (χ1) is 5.24. The summed E-state index contributed by atoms with van der Waals surface area (Å²) in [5.41, 5.74) is 2.49. The van der Waals surface area contributed by atoms with Crippen LogP contribution in [0, 0.1) is 6.92 Å². The Morgan fingerprint density at radius 1 is 1.45 bits per heavy atom. The van der Waals surface area contributed by atoms with E-state index >= 15 is 0 Å². The van der Waals surface area contributed by atoms with E-state index in [-0.39, 0.29) is 5.37 Å². The second kappa shape index (κ2) is 3.79. The number of aryl methyl sites for hydroxylation is 1. The highest BCUT2D eigenvalue weighted by Crippen LogP contribution is 2.16. The van der Waals surface area contributed by atoms with Gasteiger partial charge in [0.2, 0.25) is 0 Å². The molecule has 0 aliphatic carbocycles. The third-order valence-electron chi connectivity index (χ3n) is 1.63. The number of rotatable bonds is 2. The zero-order chi connectivity index (χ0) is 8.27. The van der Waals surface area contributed by atoms with Gasteiger partial charge in [0.05, 0.1) is 5.37 Å². The van der Waals surface area contributed by atoms with E-state index in [2.05, 4.69) is 43.1 Å². The normalized spacial score (nSPS) is 13.0. The predicted octanol–water partition coefficient (Wildman–Crippen LogP) is 2.14. The van der Waals surface area contributed by atoms with Gasteiger partial charge in [0.15, 0.2) is 0 Å². The van der Waals surface area contributed by atoms with Gasteiger partial charge in [-0.1, -0.05) is 29.8 Å². The molecule has 1 atom stereocenters. The fourth-order valence-corrected chi connectivity index (χ4v) is 1.17. The summed E-state index contributed by atoms with van der Waals surface area (Å²) in [7, 11) is 1.90. The van der Waals surface area contributed by atoms with Crippen molar-refractivity contribution >= 4 is 12.6 Å². The first-order valence-electron chi connectivity index (χ1n) is 3.66. The maximum Gasteiger partial charge on any atom is 0.0757 e. The van der Waals surface area contributed by atoms with Gasteiger partial charge in [-0.15, -0.1) is 0 Å². The third-order valence-corrected chi connectivity index (χ3v) is 2.19. The minimum Gasteiger partial charge on any atom is -0.305 e. The molecule has 0 aliphatic rings. The number of nitrogens with one attached hydrogen (secondary N) is 1. The van der Waals surface area contributed by atoms with Crippen molar-refractivity contribution < 1.29 is 0 Å². The molecule has 0 amide bonds. The molecular weight excluding hydrogens is 154 g/mol. The quantitative estimate of drug-likeness (QED) is 0.508. The number of hydrogen-bond donors (Lipinski definition) is 2. The van der Waals surface area contributed by atoms with Crippen LogP contribution in [-0.2, 0) is 0 Å². The second-order valence-electron chi connectivity index (χ2n) is 2.61. The largest absolute Gasteiger partial charge is 0.305 e. The molecule has 1 N–H and O–H groups in total. The Bertz CT molecular complexity index is 235. The van der Waals surface area contributed by atoms with Crippen LogP contribution in [0.3, 0.4) is 0 Å². The Morgan fingerprint density at radius 3 is 2.73 bits per heavy atom. The molecule has 60 valence electrons. The maximum absolute atomic E-state index is 4.36. The third kappa shape index (κ3) is 2.24. The van der Waals surface area contributed by atoms with Crippen LogP contribution in [-0.4, -0.2) is 7.05 Å². The molecule has 0 saturated heterocycles. The van der Waals surface area contributed by atoms with Crippen molar-refractivity contribution in [2.45, 2.75) is 12.3 Å². The standard InChI is InChI=1S/C9H13NS/c1-7-4-3-5-8(6-7)9(11)10-2/h3-6,9-11H,1-2H3. The zero-order valence-corrected chi connectivity index (χ0v) is 7.73. The summed E-state index contributed by atoms with van der Waals surface area (Å²) >= 11 is 4.36. The van der Waals surface area contributed by atoms with Crippen molar-refractivity contribution in [2.75, 3.05) is 7.05 Å². The van der Waals surface area contributed by atoms with E-state index < -0.39 is 0 Å². The van der Waals surface area contributed by atoms with Crippen LogP contribution < -0.4 is 5.32 Å². The summed E-state index contributed by atoms with van der Waals surface area (Å²) in [6.45, 7) is 2.08. The van der Waals surface area contributed by atoms with Crippen molar-refractivity contribution in [1.82, 2.24) is 5.32 Å². The average Bonchev–Trinajstić information content (AvgIpc) is 2.03. The van der Waals surface area contributed by atoms with Gasteiger partial charge in [-0.3, -0.25) is 0 Å². The highest BCUT2D eigenvalue weighted by Gasteiger charge is 2.00. The van der Waals surface area contributed by atoms with E-state index in [0.29, 0.717) is 0 Å². The molecule has 1 unspecified atom stereocenters. The lowest BCUT2D eigenvalue weighted by atomic mass is 10.1. The average molecular weight is 167 g/mol. The SMILES string of the molecule is CNC(S)c1cccc(C)c1. The van der Waals surface area contributed by atoms with E-state index in [4.69, 9.17) is 0 Å². The molecule has 1 rings (SSSR count). The van der Waals surface area contributed by atoms with Crippen LogP contribution in [0.15, 0.2) is 24.3 Å². The van der Waals surface area contributed by atoms with E-state index in [1.165, 1.54) is 11.1 Å². The van der Waals surface area contributed by atoms with Gasteiger partial charge in [-0.05, 0) is 19.5 Å². The van der Waals surface area contributed by atoms with Crippen LogP contribution in [0.25, 0.3) is 0 Å². The topological polar surface area (TPSA) is 12.0 Å². The number of thiol groups is 1. The summed E-state index contributed by atoms with van der Waals surface area (Å²) in [5, 5.41) is 3.22. The molecule has 2 heteroatoms. The molecule has 0 heterocycles. The van der Waals surface area contributed by atoms with Crippen LogP contribution in [0.1, 0.15) is 16.5 Å². The zero-order valence-electron chi connectivity index (χ0n) is 6.83. The summed E-state index contributed by atoms with van der Waals surface area (Å²) in [6, 6.07) is 8.33. The minimum absolute atomic E-state index is 0.148. The highest BCUT2D eigenvalue weighted by atomic mass is 32.1. The smallest absolute Gasteiger partial charge is 0.0757 e. The van der Waals surface area contributed by atoms with Gasteiger partial charge in [0.25, 0.3) is 0 Å². The fraction of sp³-hybridized carbons (Fsp3) is 0.333. The number of benzene rings is 1. The Labute approximate surface area is 73.2 Å². The second-order valence-corrected chi connectivity index (χ2v) is 3.12. The van der Waals surface area contributed by atoms with Crippen molar-refractivity contribution in [3.63, 3.8) is 0 Å². The molecule has 0 aromatic heterocycles. The van der Waals surface area contributed by atoms with E-state index in [9.17, 15) is 0 Å². The van der Waals surface area contributed by atoms with E-state index in [1.807, 2.05) is 13.1 Å².